The first-order valence-corrected chi connectivity index (χ1v) is 11.8. The lowest BCUT2D eigenvalue weighted by Gasteiger charge is -2.28. The zero-order valence-corrected chi connectivity index (χ0v) is 18.2. The molecule has 1 aromatic heterocycles. The van der Waals surface area contributed by atoms with E-state index in [0.29, 0.717) is 22.9 Å². The van der Waals surface area contributed by atoms with E-state index in [1.165, 1.54) is 40.8 Å². The van der Waals surface area contributed by atoms with Crippen LogP contribution in [0.2, 0.25) is 0 Å². The molecule has 0 bridgehead atoms. The Kier molecular flexibility index (Phi) is 5.61. The molecule has 160 valence electrons. The highest BCUT2D eigenvalue weighted by molar-refractivity contribution is 7.91. The maximum Gasteiger partial charge on any atom is 0.273 e. The lowest BCUT2D eigenvalue weighted by Crippen LogP contribution is -2.35. The molecule has 3 aromatic rings. The van der Waals surface area contributed by atoms with Gasteiger partial charge in [0.05, 0.1) is 4.92 Å². The quantitative estimate of drug-likeness (QED) is 0.461. The van der Waals surface area contributed by atoms with E-state index in [4.69, 9.17) is 0 Å². The van der Waals surface area contributed by atoms with E-state index >= 15 is 0 Å². The van der Waals surface area contributed by atoms with E-state index in [-0.39, 0.29) is 23.4 Å². The summed E-state index contributed by atoms with van der Waals surface area (Å²) in [5.41, 5.74) is 2.74. The fourth-order valence-corrected chi connectivity index (χ4v) is 6.18. The molecular weight excluding hydrogens is 438 g/mol. The van der Waals surface area contributed by atoms with E-state index < -0.39 is 20.9 Å². The van der Waals surface area contributed by atoms with Crippen molar-refractivity contribution < 1.29 is 18.1 Å². The predicted molar refractivity (Wildman–Crippen MR) is 118 cm³/mol. The van der Waals surface area contributed by atoms with E-state index in [2.05, 4.69) is 5.32 Å². The number of hydrogen-bond acceptors (Lipinski definition) is 6. The molecule has 0 atom stereocenters. The van der Waals surface area contributed by atoms with Crippen molar-refractivity contribution in [3.8, 4) is 0 Å². The molecule has 0 unspecified atom stereocenters. The Morgan fingerprint density at radius 2 is 1.97 bits per heavy atom. The fraction of sp³-hybridized carbons (Fsp3) is 0.190. The van der Waals surface area contributed by atoms with Crippen LogP contribution in [-0.2, 0) is 23.0 Å². The Bertz CT molecular complexity index is 1270. The van der Waals surface area contributed by atoms with Crippen LogP contribution in [0, 0.1) is 17.0 Å². The van der Waals surface area contributed by atoms with Crippen LogP contribution in [0.25, 0.3) is 0 Å². The van der Waals surface area contributed by atoms with E-state index in [1.54, 1.807) is 29.6 Å². The van der Waals surface area contributed by atoms with Crippen LogP contribution in [0.1, 0.15) is 27.0 Å². The molecule has 1 N–H and O–H groups in total. The number of anilines is 1. The molecule has 10 heteroatoms. The molecule has 0 saturated heterocycles. The Labute approximate surface area is 183 Å². The number of benzene rings is 2. The van der Waals surface area contributed by atoms with Crippen molar-refractivity contribution >= 4 is 38.6 Å². The van der Waals surface area contributed by atoms with Crippen LogP contribution in [0.5, 0.6) is 0 Å². The Hall–Kier alpha value is -3.08. The second-order valence-electron chi connectivity index (χ2n) is 7.17. The summed E-state index contributed by atoms with van der Waals surface area (Å²) in [5.74, 6) is -0.458. The first kappa shape index (κ1) is 21.2. The lowest BCUT2D eigenvalue weighted by molar-refractivity contribution is -0.385. The number of amides is 1. The van der Waals surface area contributed by atoms with Gasteiger partial charge >= 0.3 is 0 Å². The third-order valence-electron chi connectivity index (χ3n) is 5.28. The van der Waals surface area contributed by atoms with Crippen molar-refractivity contribution in [3.63, 3.8) is 0 Å². The molecule has 2 aromatic carbocycles. The molecule has 1 amide bonds. The Balaban J connectivity index is 1.56. The number of nitro groups is 1. The topological polar surface area (TPSA) is 110 Å². The van der Waals surface area contributed by atoms with Gasteiger partial charge in [0, 0.05) is 36.0 Å². The lowest BCUT2D eigenvalue weighted by atomic mass is 10.00. The van der Waals surface area contributed by atoms with Gasteiger partial charge in [0.2, 0.25) is 0 Å². The zero-order chi connectivity index (χ0) is 22.2. The first-order chi connectivity index (χ1) is 14.8. The minimum atomic E-state index is -3.56. The molecule has 31 heavy (non-hydrogen) atoms. The van der Waals surface area contributed by atoms with Crippen LogP contribution < -0.4 is 5.32 Å². The maximum atomic E-state index is 12.8. The summed E-state index contributed by atoms with van der Waals surface area (Å²) in [4.78, 5) is 23.3. The molecule has 0 radical (unpaired) electrons. The smallest absolute Gasteiger partial charge is 0.273 e. The van der Waals surface area contributed by atoms with Crippen LogP contribution in [0.4, 0.5) is 11.4 Å². The van der Waals surface area contributed by atoms with Crippen LogP contribution in [0.3, 0.4) is 0 Å². The summed E-state index contributed by atoms with van der Waals surface area (Å²) in [6.45, 7) is 2.15. The van der Waals surface area contributed by atoms with Crippen molar-refractivity contribution in [2.24, 2.45) is 0 Å². The second-order valence-corrected chi connectivity index (χ2v) is 10.3. The third kappa shape index (κ3) is 4.09. The van der Waals surface area contributed by atoms with E-state index in [0.717, 1.165) is 11.1 Å². The SMILES string of the molecule is Cc1c(C(=O)Nc2ccc3c(c2)CN(S(=O)(=O)c2cccs2)CC3)cccc1[N+](=O)[O-]. The molecule has 0 saturated carbocycles. The van der Waals surface area contributed by atoms with Gasteiger partial charge in [0.1, 0.15) is 4.21 Å². The number of carbonyl (C=O) groups is 1. The van der Waals surface area contributed by atoms with E-state index in [1.807, 2.05) is 6.07 Å². The Morgan fingerprint density at radius 3 is 2.68 bits per heavy atom. The monoisotopic (exact) mass is 457 g/mol. The number of sulfonamides is 1. The number of thiophene rings is 1. The van der Waals surface area contributed by atoms with Crippen molar-refractivity contribution in [1.29, 1.82) is 0 Å². The van der Waals surface area contributed by atoms with Gasteiger partial charge in [-0.2, -0.15) is 4.31 Å². The minimum Gasteiger partial charge on any atom is -0.322 e. The summed E-state index contributed by atoms with van der Waals surface area (Å²) >= 11 is 1.18. The van der Waals surface area contributed by atoms with Crippen LogP contribution in [0.15, 0.2) is 58.1 Å². The number of fused-ring (bicyclic) bond motifs is 1. The standard InChI is InChI=1S/C21H19N3O5S2/c1-14-18(4-2-5-19(14)24(26)27)21(25)22-17-8-7-15-9-10-23(13-16(15)12-17)31(28,29)20-6-3-11-30-20/h2-8,11-12H,9-10,13H2,1H3,(H,22,25). The van der Waals surface area contributed by atoms with Crippen molar-refractivity contribution in [2.45, 2.75) is 24.1 Å². The molecule has 1 aliphatic rings. The molecule has 0 aliphatic carbocycles. The summed E-state index contributed by atoms with van der Waals surface area (Å²) in [7, 11) is -3.56. The number of rotatable bonds is 5. The van der Waals surface area contributed by atoms with Gasteiger partial charge in [0.25, 0.3) is 21.6 Å². The first-order valence-electron chi connectivity index (χ1n) is 9.48. The molecule has 2 heterocycles. The van der Waals surface area contributed by atoms with Crippen molar-refractivity contribution in [2.75, 3.05) is 11.9 Å². The summed E-state index contributed by atoms with van der Waals surface area (Å²) < 4.78 is 27.4. The van der Waals surface area contributed by atoms with Gasteiger partial charge in [0.15, 0.2) is 0 Å². The third-order valence-corrected chi connectivity index (χ3v) is 8.50. The summed E-state index contributed by atoms with van der Waals surface area (Å²) in [5, 5.41) is 15.6. The van der Waals surface area contributed by atoms with Crippen molar-refractivity contribution in [3.05, 3.63) is 86.3 Å². The minimum absolute atomic E-state index is 0.118. The number of nitrogens with zero attached hydrogens (tertiary/aromatic N) is 2. The average molecular weight is 458 g/mol. The van der Waals surface area contributed by atoms with Gasteiger partial charge < -0.3 is 5.32 Å². The molecule has 4 rings (SSSR count). The van der Waals surface area contributed by atoms with Gasteiger partial charge in [-0.05, 0) is 54.1 Å². The van der Waals surface area contributed by atoms with E-state index in [9.17, 15) is 23.3 Å². The molecule has 1 aliphatic heterocycles. The van der Waals surface area contributed by atoms with Gasteiger partial charge in [-0.3, -0.25) is 14.9 Å². The number of nitro benzene ring substituents is 1. The highest BCUT2D eigenvalue weighted by Crippen LogP contribution is 2.29. The largest absolute Gasteiger partial charge is 0.322 e. The molecule has 0 spiro atoms. The summed E-state index contributed by atoms with van der Waals surface area (Å²) in [6.07, 6.45) is 0.582. The maximum absolute atomic E-state index is 12.8. The number of nitrogens with one attached hydrogen (secondary N) is 1. The summed E-state index contributed by atoms with van der Waals surface area (Å²) in [6, 6.07) is 13.1. The molecule has 8 nitrogen and oxygen atoms in total. The second kappa shape index (κ2) is 8.22. The highest BCUT2D eigenvalue weighted by atomic mass is 32.2. The normalized spacial score (nSPS) is 14.1. The fourth-order valence-electron chi connectivity index (χ4n) is 3.62. The highest BCUT2D eigenvalue weighted by Gasteiger charge is 2.29. The number of hydrogen-bond donors (Lipinski definition) is 1. The molecular formula is C21H19N3O5S2. The molecule has 0 fully saturated rings. The zero-order valence-electron chi connectivity index (χ0n) is 16.6. The van der Waals surface area contributed by atoms with Gasteiger partial charge in [-0.25, -0.2) is 8.42 Å². The predicted octanol–water partition coefficient (Wildman–Crippen LogP) is 3.96. The van der Waals surface area contributed by atoms with Gasteiger partial charge in [-0.15, -0.1) is 11.3 Å². The average Bonchev–Trinajstić information content (AvgIpc) is 3.29. The Morgan fingerprint density at radius 1 is 1.16 bits per heavy atom. The van der Waals surface area contributed by atoms with Crippen LogP contribution >= 0.6 is 11.3 Å². The van der Waals surface area contributed by atoms with Crippen molar-refractivity contribution in [1.82, 2.24) is 4.31 Å². The van der Waals surface area contributed by atoms with Crippen LogP contribution in [-0.4, -0.2) is 30.1 Å². The number of carbonyl (C=O) groups excluding carboxylic acids is 1. The van der Waals surface area contributed by atoms with Gasteiger partial charge in [-0.1, -0.05) is 18.2 Å².